The number of hydrogen-bond acceptors (Lipinski definition) is 5. The molecule has 0 aliphatic heterocycles. The maximum absolute atomic E-state index is 11.3. The summed E-state index contributed by atoms with van der Waals surface area (Å²) in [5.41, 5.74) is -2.55. The Kier molecular flexibility index (Phi) is 2.36. The van der Waals surface area contributed by atoms with Gasteiger partial charge in [0.05, 0.1) is 4.92 Å². The maximum Gasteiger partial charge on any atom is 0.296 e. The van der Waals surface area contributed by atoms with Gasteiger partial charge in [-0.25, -0.2) is 0 Å². The second kappa shape index (κ2) is 3.71. The van der Waals surface area contributed by atoms with Gasteiger partial charge in [0.15, 0.2) is 0 Å². The van der Waals surface area contributed by atoms with Crippen LogP contribution in [0.3, 0.4) is 0 Å². The molecule has 0 aliphatic carbocycles. The van der Waals surface area contributed by atoms with Crippen molar-refractivity contribution in [3.63, 3.8) is 0 Å². The second-order valence-corrected chi connectivity index (χ2v) is 3.30. The molecule has 2 aromatic rings. The largest absolute Gasteiger partial charge is 0.507 e. The lowest BCUT2D eigenvalue weighted by Crippen LogP contribution is -2.22. The summed E-state index contributed by atoms with van der Waals surface area (Å²) in [5.74, 6) is -0.480. The topological polar surface area (TPSA) is 113 Å². The minimum atomic E-state index is -1.02. The zero-order valence-corrected chi connectivity index (χ0v) is 8.34. The summed E-state index contributed by atoms with van der Waals surface area (Å²) in [6.07, 6.45) is 0. The highest BCUT2D eigenvalue weighted by Gasteiger charge is 2.14. The Morgan fingerprint density at radius 1 is 1.29 bits per heavy atom. The lowest BCUT2D eigenvalue weighted by Gasteiger charge is -1.96. The molecule has 0 spiro atoms. The molecular weight excluding hydrogens is 228 g/mol. The number of aromatic nitrogens is 1. The highest BCUT2D eigenvalue weighted by atomic mass is 16.6. The van der Waals surface area contributed by atoms with Crippen molar-refractivity contribution in [1.29, 1.82) is 0 Å². The fourth-order valence-electron chi connectivity index (χ4n) is 1.48. The minimum Gasteiger partial charge on any atom is -0.507 e. The smallest absolute Gasteiger partial charge is 0.296 e. The molecule has 0 amide bonds. The van der Waals surface area contributed by atoms with Crippen LogP contribution in [0.25, 0.3) is 10.9 Å². The minimum absolute atomic E-state index is 0.0402. The quantitative estimate of drug-likeness (QED) is 0.423. The zero-order chi connectivity index (χ0) is 12.6. The summed E-state index contributed by atoms with van der Waals surface area (Å²) in [6.45, 7) is 0. The monoisotopic (exact) mass is 234 g/mol. The first-order valence-corrected chi connectivity index (χ1v) is 4.54. The van der Waals surface area contributed by atoms with Gasteiger partial charge in [-0.2, -0.15) is 0 Å². The van der Waals surface area contributed by atoms with Crippen molar-refractivity contribution in [2.45, 2.75) is 0 Å². The first-order valence-electron chi connectivity index (χ1n) is 4.54. The van der Waals surface area contributed by atoms with Crippen molar-refractivity contribution in [2.24, 2.45) is 0 Å². The summed E-state index contributed by atoms with van der Waals surface area (Å²) in [5, 5.41) is 20.3. The fourth-order valence-corrected chi connectivity index (χ4v) is 1.48. The normalized spacial score (nSPS) is 10.4. The van der Waals surface area contributed by atoms with Gasteiger partial charge in [-0.1, -0.05) is 6.07 Å². The maximum atomic E-state index is 11.3. The number of aromatic hydroxyl groups is 1. The predicted octanol–water partition coefficient (Wildman–Crippen LogP) is 0.502. The molecule has 0 bridgehead atoms. The van der Waals surface area contributed by atoms with Crippen LogP contribution in [0.5, 0.6) is 5.75 Å². The molecule has 0 atom stereocenters. The standard InChI is InChI=1S/C10H6N2O5/c13-7-4-8(14)10(15)11-9-5(7)2-1-3-6(9)12(16)17/h1-4,13H,(H,11,14,15). The van der Waals surface area contributed by atoms with Crippen LogP contribution in [0, 0.1) is 10.1 Å². The first kappa shape index (κ1) is 10.8. The van der Waals surface area contributed by atoms with Crippen LogP contribution >= 0.6 is 0 Å². The molecule has 86 valence electrons. The van der Waals surface area contributed by atoms with Crippen LogP contribution in [-0.2, 0) is 0 Å². The van der Waals surface area contributed by atoms with Crippen LogP contribution in [0.2, 0.25) is 0 Å². The molecule has 0 radical (unpaired) electrons. The van der Waals surface area contributed by atoms with Gasteiger partial charge in [-0.3, -0.25) is 19.7 Å². The highest BCUT2D eigenvalue weighted by Crippen LogP contribution is 2.26. The van der Waals surface area contributed by atoms with Crippen LogP contribution < -0.4 is 11.0 Å². The van der Waals surface area contributed by atoms with Gasteiger partial charge in [-0.15, -0.1) is 0 Å². The third-order valence-corrected chi connectivity index (χ3v) is 2.25. The molecule has 2 rings (SSSR count). The molecule has 0 saturated carbocycles. The van der Waals surface area contributed by atoms with E-state index in [-0.39, 0.29) is 16.6 Å². The molecule has 7 nitrogen and oxygen atoms in total. The average molecular weight is 234 g/mol. The van der Waals surface area contributed by atoms with E-state index in [0.717, 1.165) is 6.07 Å². The third kappa shape index (κ3) is 1.73. The number of benzene rings is 1. The van der Waals surface area contributed by atoms with Crippen LogP contribution in [0.4, 0.5) is 5.69 Å². The van der Waals surface area contributed by atoms with Crippen molar-refractivity contribution in [3.05, 3.63) is 55.0 Å². The molecule has 1 aromatic carbocycles. The van der Waals surface area contributed by atoms with Gasteiger partial charge in [-0.05, 0) is 6.07 Å². The molecule has 0 aliphatic rings. The Hall–Kier alpha value is -2.70. The number of nitrogens with zero attached hydrogens (tertiary/aromatic N) is 1. The molecule has 7 heteroatoms. The van der Waals surface area contributed by atoms with E-state index in [1.165, 1.54) is 18.2 Å². The number of fused-ring (bicyclic) bond motifs is 1. The second-order valence-electron chi connectivity index (χ2n) is 3.30. The van der Waals surface area contributed by atoms with Crippen LogP contribution in [0.1, 0.15) is 0 Å². The third-order valence-electron chi connectivity index (χ3n) is 2.25. The Labute approximate surface area is 93.1 Å². The molecule has 0 unspecified atom stereocenters. The number of hydrogen-bond donors (Lipinski definition) is 2. The summed E-state index contributed by atoms with van der Waals surface area (Å²) >= 11 is 0. The summed E-state index contributed by atoms with van der Waals surface area (Å²) in [7, 11) is 0. The number of rotatable bonds is 1. The number of non-ortho nitro benzene ring substituents is 1. The molecular formula is C10H6N2O5. The summed E-state index contributed by atoms with van der Waals surface area (Å²) in [4.78, 5) is 34.6. The Morgan fingerprint density at radius 2 is 2.00 bits per heavy atom. The summed E-state index contributed by atoms with van der Waals surface area (Å²) in [6, 6.07) is 4.61. The van der Waals surface area contributed by atoms with Crippen molar-refractivity contribution in [2.75, 3.05) is 0 Å². The number of aromatic amines is 1. The van der Waals surface area contributed by atoms with Gasteiger partial charge in [0.1, 0.15) is 11.3 Å². The predicted molar refractivity (Wildman–Crippen MR) is 59.2 cm³/mol. The van der Waals surface area contributed by atoms with Gasteiger partial charge >= 0.3 is 0 Å². The number of H-pyrrole nitrogens is 1. The summed E-state index contributed by atoms with van der Waals surface area (Å²) < 4.78 is 0. The lowest BCUT2D eigenvalue weighted by atomic mass is 10.2. The SMILES string of the molecule is O=c1cc(O)c2cccc([N+](=O)[O-])c2[nH]c1=O. The van der Waals surface area contributed by atoms with Crippen molar-refractivity contribution >= 4 is 16.6 Å². The van der Waals surface area contributed by atoms with E-state index in [1.54, 1.807) is 0 Å². The number of para-hydroxylation sites is 1. The van der Waals surface area contributed by atoms with E-state index in [0.29, 0.717) is 0 Å². The molecule has 17 heavy (non-hydrogen) atoms. The van der Waals surface area contributed by atoms with Crippen molar-refractivity contribution < 1.29 is 10.0 Å². The van der Waals surface area contributed by atoms with Crippen molar-refractivity contribution in [3.8, 4) is 5.75 Å². The van der Waals surface area contributed by atoms with E-state index in [4.69, 9.17) is 0 Å². The Morgan fingerprint density at radius 3 is 2.65 bits per heavy atom. The molecule has 0 fully saturated rings. The Balaban J connectivity index is 3.13. The number of nitrogens with one attached hydrogen (secondary N) is 1. The van der Waals surface area contributed by atoms with E-state index in [2.05, 4.69) is 4.98 Å². The van der Waals surface area contributed by atoms with E-state index >= 15 is 0 Å². The van der Waals surface area contributed by atoms with Crippen LogP contribution in [-0.4, -0.2) is 15.0 Å². The molecule has 2 N–H and O–H groups in total. The van der Waals surface area contributed by atoms with Gasteiger partial charge in [0, 0.05) is 17.5 Å². The average Bonchev–Trinajstić information content (AvgIpc) is 2.37. The lowest BCUT2D eigenvalue weighted by molar-refractivity contribution is -0.383. The van der Waals surface area contributed by atoms with Crippen molar-refractivity contribution in [1.82, 2.24) is 4.98 Å². The molecule has 1 aromatic heterocycles. The number of nitro groups is 1. The van der Waals surface area contributed by atoms with E-state index < -0.39 is 21.7 Å². The van der Waals surface area contributed by atoms with Gasteiger partial charge < -0.3 is 10.1 Å². The number of nitro benzene ring substituents is 1. The van der Waals surface area contributed by atoms with Crippen LogP contribution in [0.15, 0.2) is 33.9 Å². The molecule has 0 saturated heterocycles. The first-order chi connectivity index (χ1) is 8.00. The fraction of sp³-hybridized carbons (Fsp3) is 0. The van der Waals surface area contributed by atoms with E-state index in [1.807, 2.05) is 0 Å². The highest BCUT2D eigenvalue weighted by molar-refractivity contribution is 5.90. The molecule has 1 heterocycles. The zero-order valence-electron chi connectivity index (χ0n) is 8.34. The van der Waals surface area contributed by atoms with Gasteiger partial charge in [0.2, 0.25) is 5.43 Å². The Bertz CT molecular complexity index is 735. The van der Waals surface area contributed by atoms with Gasteiger partial charge in [0.25, 0.3) is 11.2 Å². The van der Waals surface area contributed by atoms with E-state index in [9.17, 15) is 24.8 Å².